The van der Waals surface area contributed by atoms with Crippen LogP contribution in [0, 0.1) is 13.8 Å². The summed E-state index contributed by atoms with van der Waals surface area (Å²) in [4.78, 5) is 36.3. The second-order valence-corrected chi connectivity index (χ2v) is 9.92. The smallest absolute Gasteiger partial charge is 0.306 e. The maximum absolute atomic E-state index is 12.2. The Bertz CT molecular complexity index is 1220. The molecule has 37 heavy (non-hydrogen) atoms. The van der Waals surface area contributed by atoms with Gasteiger partial charge in [-0.05, 0) is 72.4 Å². The molecule has 194 valence electrons. The molecule has 3 aromatic carbocycles. The second-order valence-electron chi connectivity index (χ2n) is 9.92. The maximum atomic E-state index is 12.2. The molecule has 3 aromatic rings. The number of esters is 1. The maximum Gasteiger partial charge on any atom is 0.306 e. The van der Waals surface area contributed by atoms with E-state index in [1.807, 2.05) is 56.3 Å². The molecule has 0 radical (unpaired) electrons. The van der Waals surface area contributed by atoms with E-state index in [4.69, 9.17) is 9.47 Å². The third kappa shape index (κ3) is 8.49. The van der Waals surface area contributed by atoms with Crippen LogP contribution in [0.1, 0.15) is 50.3 Å². The first-order valence-electron chi connectivity index (χ1n) is 12.2. The number of nitrogens with one attached hydrogen (secondary N) is 2. The highest BCUT2D eigenvalue weighted by atomic mass is 16.5. The van der Waals surface area contributed by atoms with E-state index in [-0.39, 0.29) is 24.2 Å². The van der Waals surface area contributed by atoms with E-state index < -0.39 is 18.5 Å². The number of aryl methyl sites for hydroxylation is 2. The number of para-hydroxylation sites is 1. The topological polar surface area (TPSA) is 93.7 Å². The monoisotopic (exact) mass is 502 g/mol. The number of carbonyl (C=O) groups is 3. The third-order valence-corrected chi connectivity index (χ3v) is 5.76. The highest BCUT2D eigenvalue weighted by Crippen LogP contribution is 2.27. The molecule has 0 spiro atoms. The number of hydrogen-bond donors (Lipinski definition) is 2. The predicted molar refractivity (Wildman–Crippen MR) is 145 cm³/mol. The minimum absolute atomic E-state index is 0.0598. The van der Waals surface area contributed by atoms with E-state index in [0.29, 0.717) is 17.1 Å². The van der Waals surface area contributed by atoms with Gasteiger partial charge in [-0.25, -0.2) is 0 Å². The Morgan fingerprint density at radius 1 is 0.730 bits per heavy atom. The van der Waals surface area contributed by atoms with Gasteiger partial charge in [0.25, 0.3) is 5.91 Å². The van der Waals surface area contributed by atoms with Gasteiger partial charge in [-0.1, -0.05) is 51.1 Å². The van der Waals surface area contributed by atoms with E-state index in [1.165, 1.54) is 5.56 Å². The molecule has 0 fully saturated rings. The predicted octanol–water partition coefficient (Wildman–Crippen LogP) is 6.29. The van der Waals surface area contributed by atoms with Crippen LogP contribution in [-0.4, -0.2) is 24.4 Å². The average Bonchev–Trinajstić information content (AvgIpc) is 2.85. The third-order valence-electron chi connectivity index (χ3n) is 5.76. The molecular formula is C30H34N2O5. The molecule has 0 unspecified atom stereocenters. The molecule has 3 rings (SSSR count). The number of rotatable bonds is 9. The number of anilines is 2. The number of ether oxygens (including phenoxy) is 2. The second kappa shape index (κ2) is 12.2. The largest absolute Gasteiger partial charge is 0.457 e. The summed E-state index contributed by atoms with van der Waals surface area (Å²) in [6.07, 6.45) is -0.190. The Morgan fingerprint density at radius 2 is 1.30 bits per heavy atom. The fourth-order valence-corrected chi connectivity index (χ4v) is 3.61. The summed E-state index contributed by atoms with van der Waals surface area (Å²) in [6.45, 7) is 9.84. The number of amides is 2. The first kappa shape index (κ1) is 27.5. The lowest BCUT2D eigenvalue weighted by molar-refractivity contribution is -0.147. The summed E-state index contributed by atoms with van der Waals surface area (Å²) < 4.78 is 10.9. The molecule has 0 aliphatic heterocycles. The highest BCUT2D eigenvalue weighted by Gasteiger charge is 2.14. The van der Waals surface area contributed by atoms with Crippen LogP contribution < -0.4 is 15.4 Å². The van der Waals surface area contributed by atoms with E-state index in [9.17, 15) is 14.4 Å². The number of carbonyl (C=O) groups excluding carboxylic acids is 3. The standard InChI is InChI=1S/C30H34N2O5/c1-20-7-6-8-21(2)29(20)32-27(34)19-36-28(35)18-17-26(33)31-23-11-15-25(16-12-23)37-24-13-9-22(10-14-24)30(3,4)5/h6-16H,17-19H2,1-5H3,(H,31,33)(H,32,34). The van der Waals surface area contributed by atoms with Crippen molar-refractivity contribution in [3.63, 3.8) is 0 Å². The molecule has 0 bridgehead atoms. The van der Waals surface area contributed by atoms with E-state index in [0.717, 1.165) is 16.9 Å². The molecule has 0 aliphatic rings. The normalized spacial score (nSPS) is 10.9. The van der Waals surface area contributed by atoms with Crippen LogP contribution in [0.2, 0.25) is 0 Å². The summed E-state index contributed by atoms with van der Waals surface area (Å²) in [5.74, 6) is -0.00525. The van der Waals surface area contributed by atoms with Crippen molar-refractivity contribution in [3.8, 4) is 11.5 Å². The zero-order valence-electron chi connectivity index (χ0n) is 22.0. The Balaban J connectivity index is 1.39. The highest BCUT2D eigenvalue weighted by molar-refractivity contribution is 5.95. The summed E-state index contributed by atoms with van der Waals surface area (Å²) in [5, 5.41) is 5.49. The Labute approximate surface area is 218 Å². The van der Waals surface area contributed by atoms with Gasteiger partial charge in [0, 0.05) is 17.8 Å². The molecule has 0 heterocycles. The van der Waals surface area contributed by atoms with Gasteiger partial charge < -0.3 is 20.1 Å². The molecule has 7 heteroatoms. The fourth-order valence-electron chi connectivity index (χ4n) is 3.61. The minimum Gasteiger partial charge on any atom is -0.457 e. The van der Waals surface area contributed by atoms with Crippen molar-refractivity contribution in [3.05, 3.63) is 83.4 Å². The van der Waals surface area contributed by atoms with Crippen LogP contribution in [0.15, 0.2) is 66.7 Å². The van der Waals surface area contributed by atoms with Crippen molar-refractivity contribution in [1.29, 1.82) is 0 Å². The zero-order chi connectivity index (χ0) is 27.0. The zero-order valence-corrected chi connectivity index (χ0v) is 22.0. The Hall–Kier alpha value is -4.13. The summed E-state index contributed by atoms with van der Waals surface area (Å²) >= 11 is 0. The van der Waals surface area contributed by atoms with Crippen molar-refractivity contribution < 1.29 is 23.9 Å². The van der Waals surface area contributed by atoms with Crippen LogP contribution in [0.4, 0.5) is 11.4 Å². The summed E-state index contributed by atoms with van der Waals surface area (Å²) in [5.41, 5.74) is 4.43. The molecular weight excluding hydrogens is 468 g/mol. The molecule has 0 aliphatic carbocycles. The molecule has 7 nitrogen and oxygen atoms in total. The lowest BCUT2D eigenvalue weighted by Crippen LogP contribution is -2.22. The average molecular weight is 503 g/mol. The van der Waals surface area contributed by atoms with Crippen molar-refractivity contribution >= 4 is 29.2 Å². The van der Waals surface area contributed by atoms with E-state index >= 15 is 0 Å². The van der Waals surface area contributed by atoms with Gasteiger partial charge in [-0.2, -0.15) is 0 Å². The number of benzene rings is 3. The first-order chi connectivity index (χ1) is 17.5. The van der Waals surface area contributed by atoms with E-state index in [1.54, 1.807) is 24.3 Å². The van der Waals surface area contributed by atoms with Crippen molar-refractivity contribution in [2.24, 2.45) is 0 Å². The quantitative estimate of drug-likeness (QED) is 0.335. The van der Waals surface area contributed by atoms with Crippen molar-refractivity contribution in [2.75, 3.05) is 17.2 Å². The first-order valence-corrected chi connectivity index (χ1v) is 12.2. The molecule has 2 amide bonds. The molecule has 0 saturated carbocycles. The molecule has 0 atom stereocenters. The van der Waals surface area contributed by atoms with Gasteiger partial charge in [-0.3, -0.25) is 14.4 Å². The van der Waals surface area contributed by atoms with Crippen LogP contribution in [0.3, 0.4) is 0 Å². The van der Waals surface area contributed by atoms with Gasteiger partial charge >= 0.3 is 5.97 Å². The molecule has 2 N–H and O–H groups in total. The van der Waals surface area contributed by atoms with Crippen LogP contribution in [0.25, 0.3) is 0 Å². The van der Waals surface area contributed by atoms with Gasteiger partial charge in [-0.15, -0.1) is 0 Å². The minimum atomic E-state index is -0.618. The molecule has 0 saturated heterocycles. The summed E-state index contributed by atoms with van der Waals surface area (Å²) in [6, 6.07) is 20.6. The van der Waals surface area contributed by atoms with Gasteiger partial charge in [0.2, 0.25) is 5.91 Å². The van der Waals surface area contributed by atoms with Gasteiger partial charge in [0.15, 0.2) is 6.61 Å². The SMILES string of the molecule is Cc1cccc(C)c1NC(=O)COC(=O)CCC(=O)Nc1ccc(Oc2ccc(C(C)(C)C)cc2)cc1. The van der Waals surface area contributed by atoms with Crippen LogP contribution in [-0.2, 0) is 24.5 Å². The van der Waals surface area contributed by atoms with E-state index in [2.05, 4.69) is 31.4 Å². The lowest BCUT2D eigenvalue weighted by Gasteiger charge is -2.19. The summed E-state index contributed by atoms with van der Waals surface area (Å²) in [7, 11) is 0. The van der Waals surface area contributed by atoms with Crippen molar-refractivity contribution in [1.82, 2.24) is 0 Å². The van der Waals surface area contributed by atoms with Crippen LogP contribution in [0.5, 0.6) is 11.5 Å². The van der Waals surface area contributed by atoms with Gasteiger partial charge in [0.05, 0.1) is 6.42 Å². The Morgan fingerprint density at radius 3 is 1.86 bits per heavy atom. The number of hydrogen-bond acceptors (Lipinski definition) is 5. The molecule has 0 aromatic heterocycles. The van der Waals surface area contributed by atoms with Crippen LogP contribution >= 0.6 is 0 Å². The Kier molecular flexibility index (Phi) is 9.06. The van der Waals surface area contributed by atoms with Gasteiger partial charge in [0.1, 0.15) is 11.5 Å². The van der Waals surface area contributed by atoms with Crippen molar-refractivity contribution in [2.45, 2.75) is 52.9 Å². The lowest BCUT2D eigenvalue weighted by atomic mass is 9.87. The fraction of sp³-hybridized carbons (Fsp3) is 0.300.